The van der Waals surface area contributed by atoms with Gasteiger partial charge in [-0.05, 0) is 24.3 Å². The Morgan fingerprint density at radius 3 is 2.33 bits per heavy atom. The van der Waals surface area contributed by atoms with Crippen LogP contribution < -0.4 is 4.74 Å². The van der Waals surface area contributed by atoms with E-state index in [4.69, 9.17) is 15.1 Å². The summed E-state index contributed by atoms with van der Waals surface area (Å²) in [5.74, 6) is 0.211. The third kappa shape index (κ3) is 4.18. The Kier molecular flexibility index (Phi) is 5.96. The van der Waals surface area contributed by atoms with Crippen LogP contribution in [0.5, 0.6) is 5.75 Å². The molecule has 1 N–H and O–H groups in total. The molecule has 0 unspecified atom stereocenters. The van der Waals surface area contributed by atoms with Gasteiger partial charge in [0.25, 0.3) is 5.91 Å². The molecule has 1 fully saturated rings. The van der Waals surface area contributed by atoms with Gasteiger partial charge in [0, 0.05) is 43.5 Å². The van der Waals surface area contributed by atoms with Crippen LogP contribution in [0.25, 0.3) is 28.2 Å². The zero-order valence-corrected chi connectivity index (χ0v) is 19.5. The quantitative estimate of drug-likeness (QED) is 0.473. The van der Waals surface area contributed by atoms with Gasteiger partial charge in [-0.25, -0.2) is 9.78 Å². The third-order valence-electron chi connectivity index (χ3n) is 6.27. The Morgan fingerprint density at radius 1 is 0.972 bits per heavy atom. The van der Waals surface area contributed by atoms with Gasteiger partial charge in [0.15, 0.2) is 5.65 Å². The Balaban J connectivity index is 1.44. The van der Waals surface area contributed by atoms with Gasteiger partial charge in [0.2, 0.25) is 0 Å². The Hall–Kier alpha value is -4.91. The number of fused-ring (bicyclic) bond motifs is 1. The molecule has 0 atom stereocenters. The van der Waals surface area contributed by atoms with Crippen molar-refractivity contribution >= 4 is 17.6 Å². The minimum atomic E-state index is -0.978. The zero-order valence-electron chi connectivity index (χ0n) is 19.5. The van der Waals surface area contributed by atoms with E-state index in [2.05, 4.69) is 16.0 Å². The molecule has 4 aromatic rings. The average Bonchev–Trinajstić information content (AvgIpc) is 3.35. The average molecular weight is 483 g/mol. The van der Waals surface area contributed by atoms with Crippen molar-refractivity contribution in [3.8, 4) is 34.3 Å². The van der Waals surface area contributed by atoms with E-state index in [1.54, 1.807) is 41.6 Å². The van der Waals surface area contributed by atoms with E-state index >= 15 is 0 Å². The lowest BCUT2D eigenvalue weighted by atomic mass is 10.1. The molecule has 10 heteroatoms. The Labute approximate surface area is 206 Å². The smallest absolute Gasteiger partial charge is 0.407 e. The number of carbonyl (C=O) groups excluding carboxylic acids is 1. The lowest BCUT2D eigenvalue weighted by Gasteiger charge is -2.33. The summed E-state index contributed by atoms with van der Waals surface area (Å²) in [7, 11) is 1.51. The van der Waals surface area contributed by atoms with Crippen molar-refractivity contribution < 1.29 is 19.4 Å². The monoisotopic (exact) mass is 482 g/mol. The predicted molar refractivity (Wildman–Crippen MR) is 131 cm³/mol. The van der Waals surface area contributed by atoms with E-state index in [1.165, 1.54) is 12.0 Å². The summed E-state index contributed by atoms with van der Waals surface area (Å²) in [6.45, 7) is 1.20. The molecule has 2 aromatic heterocycles. The predicted octanol–water partition coefficient (Wildman–Crippen LogP) is 3.38. The maximum Gasteiger partial charge on any atom is 0.407 e. The number of amides is 2. The van der Waals surface area contributed by atoms with Crippen LogP contribution in [-0.2, 0) is 0 Å². The molecule has 1 saturated heterocycles. The maximum absolute atomic E-state index is 13.1. The van der Waals surface area contributed by atoms with Crippen LogP contribution in [0.15, 0.2) is 61.1 Å². The molecule has 36 heavy (non-hydrogen) atoms. The van der Waals surface area contributed by atoms with Crippen molar-refractivity contribution in [3.63, 3.8) is 0 Å². The molecule has 0 aliphatic carbocycles. The summed E-state index contributed by atoms with van der Waals surface area (Å²) >= 11 is 0. The number of carbonyl (C=O) groups is 2. The van der Waals surface area contributed by atoms with Crippen molar-refractivity contribution in [3.05, 3.63) is 72.2 Å². The van der Waals surface area contributed by atoms with E-state index < -0.39 is 6.09 Å². The van der Waals surface area contributed by atoms with Crippen LogP contribution in [0.1, 0.15) is 15.9 Å². The Morgan fingerprint density at radius 2 is 1.67 bits per heavy atom. The standard InChI is InChI=1S/C26H22N6O4/c1-36-23-12-19(6-7-20(23)25(33)30-8-10-31(11-9-30)26(34)35)21-16-32-22(14-29-24(32)15-28-21)18-4-2-17(13-27)3-5-18/h2-7,12,14-16H,8-11H2,1H3,(H,34,35). The second kappa shape index (κ2) is 9.38. The highest BCUT2D eigenvalue weighted by atomic mass is 16.5. The fourth-order valence-electron chi connectivity index (χ4n) is 4.27. The summed E-state index contributed by atoms with van der Waals surface area (Å²) < 4.78 is 7.47. The van der Waals surface area contributed by atoms with E-state index in [-0.39, 0.29) is 19.0 Å². The molecule has 5 rings (SSSR count). The van der Waals surface area contributed by atoms with Crippen LogP contribution in [0.4, 0.5) is 4.79 Å². The van der Waals surface area contributed by atoms with Gasteiger partial charge in [-0.15, -0.1) is 0 Å². The van der Waals surface area contributed by atoms with E-state index in [9.17, 15) is 9.59 Å². The number of aromatic nitrogens is 3. The molecule has 10 nitrogen and oxygen atoms in total. The van der Waals surface area contributed by atoms with Gasteiger partial charge in [0.1, 0.15) is 5.75 Å². The van der Waals surface area contributed by atoms with Crippen molar-refractivity contribution in [1.29, 1.82) is 5.26 Å². The molecule has 3 heterocycles. The molecule has 1 aliphatic rings. The highest BCUT2D eigenvalue weighted by Crippen LogP contribution is 2.29. The number of hydrogen-bond acceptors (Lipinski definition) is 6. The highest BCUT2D eigenvalue weighted by molar-refractivity contribution is 5.97. The Bertz CT molecular complexity index is 1500. The lowest BCUT2D eigenvalue weighted by molar-refractivity contribution is 0.0622. The summed E-state index contributed by atoms with van der Waals surface area (Å²) in [5, 5.41) is 18.2. The minimum Gasteiger partial charge on any atom is -0.496 e. The van der Waals surface area contributed by atoms with Crippen LogP contribution >= 0.6 is 0 Å². The molecule has 0 saturated carbocycles. The molecule has 2 aromatic carbocycles. The van der Waals surface area contributed by atoms with Gasteiger partial charge < -0.3 is 19.6 Å². The second-order valence-corrected chi connectivity index (χ2v) is 8.31. The normalized spacial score (nSPS) is 13.4. The number of nitriles is 1. The van der Waals surface area contributed by atoms with Gasteiger partial charge >= 0.3 is 6.09 Å². The molecule has 1 aliphatic heterocycles. The van der Waals surface area contributed by atoms with Gasteiger partial charge in [-0.2, -0.15) is 5.26 Å². The molecule has 0 radical (unpaired) electrons. The first-order valence-electron chi connectivity index (χ1n) is 11.3. The number of benzene rings is 2. The molecular weight excluding hydrogens is 460 g/mol. The fourth-order valence-corrected chi connectivity index (χ4v) is 4.27. The van der Waals surface area contributed by atoms with E-state index in [1.807, 2.05) is 28.8 Å². The van der Waals surface area contributed by atoms with E-state index in [0.29, 0.717) is 41.3 Å². The van der Waals surface area contributed by atoms with Crippen LogP contribution in [0, 0.1) is 11.3 Å². The first-order chi connectivity index (χ1) is 17.5. The molecule has 180 valence electrons. The molecule has 0 bridgehead atoms. The van der Waals surface area contributed by atoms with Gasteiger partial charge in [-0.1, -0.05) is 18.2 Å². The fraction of sp³-hybridized carbons (Fsp3) is 0.192. The van der Waals surface area contributed by atoms with Crippen LogP contribution in [-0.4, -0.2) is 74.6 Å². The van der Waals surface area contributed by atoms with Crippen molar-refractivity contribution in [2.24, 2.45) is 0 Å². The SMILES string of the molecule is COc1cc(-c2cn3c(-c4ccc(C#N)cc4)cnc3cn2)ccc1C(=O)N1CCN(C(=O)O)CC1. The first-order valence-corrected chi connectivity index (χ1v) is 11.3. The summed E-state index contributed by atoms with van der Waals surface area (Å²) in [5.41, 5.74) is 4.88. The highest BCUT2D eigenvalue weighted by Gasteiger charge is 2.26. The van der Waals surface area contributed by atoms with Crippen LogP contribution in [0.2, 0.25) is 0 Å². The number of nitrogens with zero attached hydrogens (tertiary/aromatic N) is 6. The lowest BCUT2D eigenvalue weighted by Crippen LogP contribution is -2.50. The van der Waals surface area contributed by atoms with Crippen molar-refractivity contribution in [2.45, 2.75) is 0 Å². The summed E-state index contributed by atoms with van der Waals surface area (Å²) in [4.78, 5) is 36.2. The molecule has 2 amide bonds. The molecule has 0 spiro atoms. The van der Waals surface area contributed by atoms with Crippen molar-refractivity contribution in [2.75, 3.05) is 33.3 Å². The summed E-state index contributed by atoms with van der Waals surface area (Å²) in [6, 6.07) is 14.7. The van der Waals surface area contributed by atoms with Crippen LogP contribution in [0.3, 0.4) is 0 Å². The number of imidazole rings is 1. The maximum atomic E-state index is 13.1. The van der Waals surface area contributed by atoms with Crippen molar-refractivity contribution in [1.82, 2.24) is 24.2 Å². The first kappa shape index (κ1) is 22.9. The number of methoxy groups -OCH3 is 1. The van der Waals surface area contributed by atoms with Gasteiger partial charge in [-0.3, -0.25) is 14.2 Å². The number of hydrogen-bond donors (Lipinski definition) is 1. The number of ether oxygens (including phenoxy) is 1. The van der Waals surface area contributed by atoms with Gasteiger partial charge in [0.05, 0.1) is 48.1 Å². The summed E-state index contributed by atoms with van der Waals surface area (Å²) in [6.07, 6.45) is 4.33. The zero-order chi connectivity index (χ0) is 25.2. The topological polar surface area (TPSA) is 124 Å². The molecular formula is C26H22N6O4. The third-order valence-corrected chi connectivity index (χ3v) is 6.27. The number of carboxylic acid groups (broad SMARTS) is 1. The van der Waals surface area contributed by atoms with E-state index in [0.717, 1.165) is 16.8 Å². The second-order valence-electron chi connectivity index (χ2n) is 8.31. The largest absolute Gasteiger partial charge is 0.496 e. The number of rotatable bonds is 4. The number of piperazine rings is 1. The minimum absolute atomic E-state index is 0.204.